The summed E-state index contributed by atoms with van der Waals surface area (Å²) < 4.78 is 0. The highest BCUT2D eigenvalue weighted by molar-refractivity contribution is 5.76. The van der Waals surface area contributed by atoms with E-state index in [9.17, 15) is 9.90 Å². The second-order valence-corrected chi connectivity index (χ2v) is 5.10. The number of anilines is 1. The van der Waals surface area contributed by atoms with Crippen molar-refractivity contribution in [2.45, 2.75) is 24.9 Å². The topological polar surface area (TPSA) is 89.2 Å². The Hall–Kier alpha value is -2.13. The van der Waals surface area contributed by atoms with E-state index in [-0.39, 0.29) is 12.3 Å². The number of aliphatic hydroxyl groups is 1. The zero-order valence-electron chi connectivity index (χ0n) is 11.5. The van der Waals surface area contributed by atoms with Crippen LogP contribution >= 0.6 is 0 Å². The molecule has 1 fully saturated rings. The molecule has 1 atom stereocenters. The van der Waals surface area contributed by atoms with Crippen LogP contribution < -0.4 is 10.2 Å². The van der Waals surface area contributed by atoms with Gasteiger partial charge in [0.15, 0.2) is 0 Å². The largest absolute Gasteiger partial charge is 0.388 e. The number of piperidine rings is 1. The molecule has 1 aromatic rings. The highest BCUT2D eigenvalue weighted by Gasteiger charge is 2.35. The van der Waals surface area contributed by atoms with Crippen molar-refractivity contribution < 1.29 is 9.90 Å². The van der Waals surface area contributed by atoms with E-state index in [1.807, 2.05) is 4.90 Å². The summed E-state index contributed by atoms with van der Waals surface area (Å²) >= 11 is 0. The lowest BCUT2D eigenvalue weighted by molar-refractivity contribution is -0.125. The predicted molar refractivity (Wildman–Crippen MR) is 74.0 cm³/mol. The second kappa shape index (κ2) is 5.88. The van der Waals surface area contributed by atoms with Gasteiger partial charge >= 0.3 is 0 Å². The molecule has 0 aromatic carbocycles. The molecule has 106 valence electrons. The standard InChI is InChI=1S/C14H18N4O2/c1-16-13(19)7-14(20)4-2-6-18(10-14)12-9-17-5-3-11(12)8-15/h3,5,9,20H,2,4,6-7,10H2,1H3,(H,16,19). The molecule has 6 nitrogen and oxygen atoms in total. The molecule has 0 saturated carbocycles. The van der Waals surface area contributed by atoms with Crippen molar-refractivity contribution in [3.05, 3.63) is 24.0 Å². The zero-order chi connectivity index (χ0) is 14.6. The first-order valence-electron chi connectivity index (χ1n) is 6.60. The van der Waals surface area contributed by atoms with Crippen LogP contribution in [0.3, 0.4) is 0 Å². The van der Waals surface area contributed by atoms with Crippen molar-refractivity contribution in [3.8, 4) is 6.07 Å². The van der Waals surface area contributed by atoms with Crippen LogP contribution in [0.5, 0.6) is 0 Å². The fourth-order valence-electron chi connectivity index (χ4n) is 2.58. The van der Waals surface area contributed by atoms with Gasteiger partial charge in [-0.2, -0.15) is 5.26 Å². The quantitative estimate of drug-likeness (QED) is 0.834. The Morgan fingerprint density at radius 3 is 3.20 bits per heavy atom. The van der Waals surface area contributed by atoms with E-state index in [0.29, 0.717) is 24.2 Å². The number of pyridine rings is 1. The molecule has 1 aliphatic heterocycles. The van der Waals surface area contributed by atoms with Crippen LogP contribution in [0.25, 0.3) is 0 Å². The summed E-state index contributed by atoms with van der Waals surface area (Å²) in [6.45, 7) is 1.08. The molecule has 2 heterocycles. The fourth-order valence-corrected chi connectivity index (χ4v) is 2.58. The minimum atomic E-state index is -1.05. The number of nitrogens with one attached hydrogen (secondary N) is 1. The average Bonchev–Trinajstić information content (AvgIpc) is 2.46. The highest BCUT2D eigenvalue weighted by Crippen LogP contribution is 2.29. The van der Waals surface area contributed by atoms with Crippen molar-refractivity contribution in [1.29, 1.82) is 5.26 Å². The van der Waals surface area contributed by atoms with E-state index in [4.69, 9.17) is 5.26 Å². The predicted octanol–water partition coefficient (Wildman–Crippen LogP) is 0.421. The van der Waals surface area contributed by atoms with Crippen molar-refractivity contribution in [1.82, 2.24) is 10.3 Å². The van der Waals surface area contributed by atoms with Gasteiger partial charge in [0.1, 0.15) is 6.07 Å². The number of rotatable bonds is 3. The number of nitrogens with zero attached hydrogens (tertiary/aromatic N) is 3. The second-order valence-electron chi connectivity index (χ2n) is 5.10. The van der Waals surface area contributed by atoms with Crippen LogP contribution in [-0.2, 0) is 4.79 Å². The molecule has 20 heavy (non-hydrogen) atoms. The van der Waals surface area contributed by atoms with Crippen molar-refractivity contribution in [3.63, 3.8) is 0 Å². The van der Waals surface area contributed by atoms with Gasteiger partial charge in [0.25, 0.3) is 0 Å². The van der Waals surface area contributed by atoms with E-state index >= 15 is 0 Å². The Balaban J connectivity index is 2.18. The number of aromatic nitrogens is 1. The summed E-state index contributed by atoms with van der Waals surface area (Å²) in [5.41, 5.74) is 0.190. The maximum Gasteiger partial charge on any atom is 0.222 e. The molecular weight excluding hydrogens is 256 g/mol. The van der Waals surface area contributed by atoms with Crippen LogP contribution in [0.4, 0.5) is 5.69 Å². The molecule has 6 heteroatoms. The number of amides is 1. The summed E-state index contributed by atoms with van der Waals surface area (Å²) in [5.74, 6) is -0.180. The Bertz CT molecular complexity index is 540. The Kier molecular flexibility index (Phi) is 4.20. The molecule has 2 rings (SSSR count). The smallest absolute Gasteiger partial charge is 0.222 e. The van der Waals surface area contributed by atoms with Gasteiger partial charge in [-0.1, -0.05) is 0 Å². The van der Waals surface area contributed by atoms with E-state index in [1.165, 1.54) is 0 Å². The van der Waals surface area contributed by atoms with E-state index in [2.05, 4.69) is 16.4 Å². The monoisotopic (exact) mass is 274 g/mol. The summed E-state index contributed by atoms with van der Waals surface area (Å²) in [6, 6.07) is 3.78. The third kappa shape index (κ3) is 3.06. The summed E-state index contributed by atoms with van der Waals surface area (Å²) in [4.78, 5) is 17.5. The van der Waals surface area contributed by atoms with Crippen LogP contribution in [0.15, 0.2) is 18.5 Å². The number of β-amino-alcohol motifs (C(OH)–C–C–N with tert-alkyl or cyclic N) is 1. The first-order chi connectivity index (χ1) is 9.58. The normalized spacial score (nSPS) is 22.1. The van der Waals surface area contributed by atoms with Crippen molar-refractivity contribution in [2.75, 3.05) is 25.0 Å². The average molecular weight is 274 g/mol. The van der Waals surface area contributed by atoms with Crippen molar-refractivity contribution >= 4 is 11.6 Å². The van der Waals surface area contributed by atoms with Gasteiger partial charge in [0.05, 0.1) is 29.5 Å². The number of nitriles is 1. The zero-order valence-corrected chi connectivity index (χ0v) is 11.5. The van der Waals surface area contributed by atoms with Crippen LogP contribution in [0.1, 0.15) is 24.8 Å². The van der Waals surface area contributed by atoms with Crippen LogP contribution in [0.2, 0.25) is 0 Å². The van der Waals surface area contributed by atoms with Gasteiger partial charge in [-0.15, -0.1) is 0 Å². The Morgan fingerprint density at radius 1 is 1.70 bits per heavy atom. The third-order valence-corrected chi connectivity index (χ3v) is 3.58. The molecule has 0 spiro atoms. The molecular formula is C14H18N4O2. The SMILES string of the molecule is CNC(=O)CC1(O)CCCN(c2cnccc2C#N)C1. The van der Waals surface area contributed by atoms with Gasteiger partial charge in [0, 0.05) is 26.3 Å². The fraction of sp³-hybridized carbons (Fsp3) is 0.500. The van der Waals surface area contributed by atoms with Gasteiger partial charge in [0.2, 0.25) is 5.91 Å². The summed E-state index contributed by atoms with van der Waals surface area (Å²) in [7, 11) is 1.56. The number of carbonyl (C=O) groups excluding carboxylic acids is 1. The minimum Gasteiger partial charge on any atom is -0.388 e. The number of carbonyl (C=O) groups is 1. The number of hydrogen-bond acceptors (Lipinski definition) is 5. The number of hydrogen-bond donors (Lipinski definition) is 2. The molecule has 1 aliphatic rings. The lowest BCUT2D eigenvalue weighted by Gasteiger charge is -2.40. The third-order valence-electron chi connectivity index (χ3n) is 3.58. The maximum atomic E-state index is 11.5. The van der Waals surface area contributed by atoms with Gasteiger partial charge in [-0.05, 0) is 18.9 Å². The first-order valence-corrected chi connectivity index (χ1v) is 6.60. The van der Waals surface area contributed by atoms with E-state index < -0.39 is 5.60 Å². The molecule has 1 amide bonds. The first kappa shape index (κ1) is 14.3. The van der Waals surface area contributed by atoms with E-state index in [0.717, 1.165) is 13.0 Å². The molecule has 1 saturated heterocycles. The van der Waals surface area contributed by atoms with Gasteiger partial charge in [-0.3, -0.25) is 9.78 Å². The van der Waals surface area contributed by atoms with E-state index in [1.54, 1.807) is 25.5 Å². The Labute approximate surface area is 118 Å². The molecule has 2 N–H and O–H groups in total. The molecule has 1 unspecified atom stereocenters. The van der Waals surface area contributed by atoms with Gasteiger partial charge < -0.3 is 15.3 Å². The van der Waals surface area contributed by atoms with Crippen LogP contribution in [0, 0.1) is 11.3 Å². The molecule has 0 bridgehead atoms. The lowest BCUT2D eigenvalue weighted by atomic mass is 9.89. The van der Waals surface area contributed by atoms with Gasteiger partial charge in [-0.25, -0.2) is 0 Å². The molecule has 1 aromatic heterocycles. The maximum absolute atomic E-state index is 11.5. The van der Waals surface area contributed by atoms with Crippen molar-refractivity contribution in [2.24, 2.45) is 0 Å². The molecule has 0 radical (unpaired) electrons. The van der Waals surface area contributed by atoms with Crippen LogP contribution in [-0.4, -0.2) is 41.7 Å². The highest BCUT2D eigenvalue weighted by atomic mass is 16.3. The molecule has 0 aliphatic carbocycles. The summed E-state index contributed by atoms with van der Waals surface area (Å²) in [5, 5.41) is 22.2. The summed E-state index contributed by atoms with van der Waals surface area (Å²) in [6.07, 6.45) is 4.63. The lowest BCUT2D eigenvalue weighted by Crippen LogP contribution is -2.50. The minimum absolute atomic E-state index is 0.0716. The Morgan fingerprint density at radius 2 is 2.50 bits per heavy atom.